The SMILES string of the molecule is Cc1ccc(Cl)cc1N1CC[NH+](CC(=O)N(C)Cc2cccc(F)c2)CC1. The van der Waals surface area contributed by atoms with Gasteiger partial charge in [-0.15, -0.1) is 0 Å². The van der Waals surface area contributed by atoms with E-state index in [9.17, 15) is 9.18 Å². The highest BCUT2D eigenvalue weighted by atomic mass is 35.5. The summed E-state index contributed by atoms with van der Waals surface area (Å²) >= 11 is 6.14. The lowest BCUT2D eigenvalue weighted by Gasteiger charge is -2.34. The van der Waals surface area contributed by atoms with Crippen LogP contribution in [0.25, 0.3) is 0 Å². The molecule has 144 valence electrons. The highest BCUT2D eigenvalue weighted by Crippen LogP contribution is 2.24. The summed E-state index contributed by atoms with van der Waals surface area (Å²) in [6.07, 6.45) is 0. The predicted octanol–water partition coefficient (Wildman–Crippen LogP) is 2.15. The van der Waals surface area contributed by atoms with E-state index in [1.54, 1.807) is 18.0 Å². The first-order valence-electron chi connectivity index (χ1n) is 9.25. The Labute approximate surface area is 165 Å². The van der Waals surface area contributed by atoms with Gasteiger partial charge in [-0.2, -0.15) is 0 Å². The molecule has 4 nitrogen and oxygen atoms in total. The Bertz CT molecular complexity index is 806. The number of amides is 1. The van der Waals surface area contributed by atoms with Crippen molar-refractivity contribution in [1.29, 1.82) is 0 Å². The van der Waals surface area contributed by atoms with Gasteiger partial charge in [0, 0.05) is 24.3 Å². The Morgan fingerprint density at radius 1 is 1.22 bits per heavy atom. The van der Waals surface area contributed by atoms with Gasteiger partial charge in [0.05, 0.1) is 26.2 Å². The van der Waals surface area contributed by atoms with E-state index in [1.807, 2.05) is 24.3 Å². The van der Waals surface area contributed by atoms with Gasteiger partial charge < -0.3 is 14.7 Å². The molecule has 27 heavy (non-hydrogen) atoms. The largest absolute Gasteiger partial charge is 0.360 e. The lowest BCUT2D eigenvalue weighted by molar-refractivity contribution is -0.892. The topological polar surface area (TPSA) is 28.0 Å². The number of anilines is 1. The minimum atomic E-state index is -0.272. The van der Waals surface area contributed by atoms with Crippen LogP contribution in [0.3, 0.4) is 0 Å². The average Bonchev–Trinajstić information content (AvgIpc) is 2.64. The zero-order valence-electron chi connectivity index (χ0n) is 15.8. The van der Waals surface area contributed by atoms with Crippen molar-refractivity contribution in [3.8, 4) is 0 Å². The fourth-order valence-corrected chi connectivity index (χ4v) is 3.68. The first-order valence-corrected chi connectivity index (χ1v) is 9.63. The summed E-state index contributed by atoms with van der Waals surface area (Å²) in [7, 11) is 1.78. The molecule has 1 N–H and O–H groups in total. The monoisotopic (exact) mass is 390 g/mol. The summed E-state index contributed by atoms with van der Waals surface area (Å²) in [5, 5.41) is 0.750. The van der Waals surface area contributed by atoms with Crippen molar-refractivity contribution in [2.24, 2.45) is 0 Å². The maximum atomic E-state index is 13.3. The Morgan fingerprint density at radius 3 is 2.67 bits per heavy atom. The van der Waals surface area contributed by atoms with Crippen LogP contribution in [0, 0.1) is 12.7 Å². The number of piperazine rings is 1. The molecule has 0 atom stereocenters. The molecule has 6 heteroatoms. The molecule has 1 aliphatic heterocycles. The lowest BCUT2D eigenvalue weighted by atomic mass is 10.1. The molecular weight excluding hydrogens is 365 g/mol. The zero-order valence-corrected chi connectivity index (χ0v) is 16.6. The van der Waals surface area contributed by atoms with Gasteiger partial charge in [0.15, 0.2) is 6.54 Å². The first-order chi connectivity index (χ1) is 12.9. The number of nitrogens with one attached hydrogen (secondary N) is 1. The number of carbonyl (C=O) groups excluding carboxylic acids is 1. The van der Waals surface area contributed by atoms with E-state index in [2.05, 4.69) is 11.8 Å². The highest BCUT2D eigenvalue weighted by molar-refractivity contribution is 6.30. The fraction of sp³-hybridized carbons (Fsp3) is 0.381. The molecule has 2 aromatic carbocycles. The van der Waals surface area contributed by atoms with Gasteiger partial charge in [0.1, 0.15) is 5.82 Å². The van der Waals surface area contributed by atoms with Crippen LogP contribution in [0.1, 0.15) is 11.1 Å². The average molecular weight is 391 g/mol. The van der Waals surface area contributed by atoms with Crippen LogP contribution in [0.2, 0.25) is 5.02 Å². The Balaban J connectivity index is 1.51. The van der Waals surface area contributed by atoms with Crippen LogP contribution in [0.15, 0.2) is 42.5 Å². The third-order valence-electron chi connectivity index (χ3n) is 5.12. The van der Waals surface area contributed by atoms with Crippen molar-refractivity contribution >= 4 is 23.2 Å². The Morgan fingerprint density at radius 2 is 1.96 bits per heavy atom. The summed E-state index contributed by atoms with van der Waals surface area (Å²) in [6, 6.07) is 12.4. The molecule has 1 heterocycles. The molecule has 0 bridgehead atoms. The van der Waals surface area contributed by atoms with Gasteiger partial charge in [-0.25, -0.2) is 4.39 Å². The standard InChI is InChI=1S/C21H25ClFN3O/c1-16-6-7-18(22)13-20(16)26-10-8-25(9-11-26)15-21(27)24(2)14-17-4-3-5-19(23)12-17/h3-7,12-13H,8-11,14-15H2,1-2H3/p+1. The van der Waals surface area contributed by atoms with Crippen molar-refractivity contribution in [1.82, 2.24) is 4.90 Å². The smallest absolute Gasteiger partial charge is 0.277 e. The molecule has 1 aliphatic rings. The quantitative estimate of drug-likeness (QED) is 0.847. The highest BCUT2D eigenvalue weighted by Gasteiger charge is 2.24. The molecule has 0 aromatic heterocycles. The second-order valence-electron chi connectivity index (χ2n) is 7.22. The third-order valence-corrected chi connectivity index (χ3v) is 5.35. The van der Waals surface area contributed by atoms with Gasteiger partial charge in [0.2, 0.25) is 0 Å². The number of nitrogens with zero attached hydrogens (tertiary/aromatic N) is 2. The zero-order chi connectivity index (χ0) is 19.4. The first kappa shape index (κ1) is 19.6. The molecule has 1 amide bonds. The van der Waals surface area contributed by atoms with Crippen molar-refractivity contribution in [2.45, 2.75) is 13.5 Å². The molecule has 0 radical (unpaired) electrons. The van der Waals surface area contributed by atoms with Crippen LogP contribution in [-0.4, -0.2) is 50.6 Å². The van der Waals surface area contributed by atoms with E-state index in [4.69, 9.17) is 11.6 Å². The van der Waals surface area contributed by atoms with Crippen LogP contribution < -0.4 is 9.80 Å². The Kier molecular flexibility index (Phi) is 6.34. The molecule has 0 spiro atoms. The minimum absolute atomic E-state index is 0.0849. The summed E-state index contributed by atoms with van der Waals surface area (Å²) in [4.78, 5) is 17.8. The molecule has 0 saturated carbocycles. The normalized spacial score (nSPS) is 15.0. The third kappa shape index (κ3) is 5.21. The number of hydrogen-bond acceptors (Lipinski definition) is 2. The number of quaternary nitrogens is 1. The summed E-state index contributed by atoms with van der Waals surface area (Å²) in [5.74, 6) is -0.187. The van der Waals surface area contributed by atoms with E-state index in [1.165, 1.54) is 28.3 Å². The van der Waals surface area contributed by atoms with Gasteiger partial charge in [-0.05, 0) is 42.3 Å². The number of halogens is 2. The molecule has 0 aliphatic carbocycles. The summed E-state index contributed by atoms with van der Waals surface area (Å²) in [5.41, 5.74) is 3.20. The summed E-state index contributed by atoms with van der Waals surface area (Å²) in [6.45, 7) is 6.60. The summed E-state index contributed by atoms with van der Waals surface area (Å²) < 4.78 is 13.3. The molecular formula is C21H26ClFN3O+. The molecule has 1 saturated heterocycles. The van der Waals surface area contributed by atoms with Gasteiger partial charge in [-0.1, -0.05) is 29.8 Å². The van der Waals surface area contributed by atoms with Gasteiger partial charge in [-0.3, -0.25) is 4.79 Å². The van der Waals surface area contributed by atoms with Crippen molar-refractivity contribution in [2.75, 3.05) is 44.7 Å². The van der Waals surface area contributed by atoms with Crippen molar-refractivity contribution < 1.29 is 14.1 Å². The van der Waals surface area contributed by atoms with E-state index in [0.29, 0.717) is 13.1 Å². The van der Waals surface area contributed by atoms with E-state index < -0.39 is 0 Å². The van der Waals surface area contributed by atoms with E-state index in [-0.39, 0.29) is 11.7 Å². The second kappa shape index (κ2) is 8.72. The van der Waals surface area contributed by atoms with Crippen LogP contribution in [0.5, 0.6) is 0 Å². The number of likely N-dealkylation sites (N-methyl/N-ethyl adjacent to an activating group) is 1. The molecule has 2 aromatic rings. The van der Waals surface area contributed by atoms with Crippen LogP contribution in [0.4, 0.5) is 10.1 Å². The van der Waals surface area contributed by atoms with Crippen LogP contribution >= 0.6 is 11.6 Å². The number of rotatable bonds is 5. The maximum Gasteiger partial charge on any atom is 0.277 e. The van der Waals surface area contributed by atoms with Crippen molar-refractivity contribution in [3.05, 3.63) is 64.4 Å². The molecule has 1 fully saturated rings. The number of carbonyl (C=O) groups is 1. The lowest BCUT2D eigenvalue weighted by Crippen LogP contribution is -3.15. The fourth-order valence-electron chi connectivity index (χ4n) is 3.51. The van der Waals surface area contributed by atoms with Crippen molar-refractivity contribution in [3.63, 3.8) is 0 Å². The van der Waals surface area contributed by atoms with E-state index in [0.717, 1.165) is 36.8 Å². The molecule has 3 rings (SSSR count). The maximum absolute atomic E-state index is 13.3. The Hall–Kier alpha value is -2.11. The van der Waals surface area contributed by atoms with Crippen LogP contribution in [-0.2, 0) is 11.3 Å². The van der Waals surface area contributed by atoms with E-state index >= 15 is 0 Å². The van der Waals surface area contributed by atoms with Gasteiger partial charge >= 0.3 is 0 Å². The minimum Gasteiger partial charge on any atom is -0.360 e. The number of aryl methyl sites for hydroxylation is 1. The number of benzene rings is 2. The van der Waals surface area contributed by atoms with Gasteiger partial charge in [0.25, 0.3) is 5.91 Å². The predicted molar refractivity (Wildman–Crippen MR) is 107 cm³/mol. The molecule has 0 unspecified atom stereocenters. The second-order valence-corrected chi connectivity index (χ2v) is 7.66. The number of hydrogen-bond donors (Lipinski definition) is 1.